The van der Waals surface area contributed by atoms with Crippen molar-refractivity contribution in [3.8, 4) is 0 Å². The number of hydrogen-bond donors (Lipinski definition) is 30. The average Bonchev–Trinajstić information content (AvgIpc) is 0.753. The Morgan fingerprint density at radius 2 is 0.655 bits per heavy atom. The van der Waals surface area contributed by atoms with E-state index in [0.29, 0.717) is 0 Å². The maximum absolute atomic E-state index is 13.2. The first-order chi connectivity index (χ1) is 54.5. The normalized spacial score (nSPS) is 44.6. The van der Waals surface area contributed by atoms with Gasteiger partial charge < -0.3 is 225 Å². The fourth-order valence-corrected chi connectivity index (χ4v) is 14.8. The van der Waals surface area contributed by atoms with Gasteiger partial charge in [0.2, 0.25) is 29.5 Å². The quantitative estimate of drug-likeness (QED) is 0.0290. The van der Waals surface area contributed by atoms with E-state index in [-0.39, 0.29) is 0 Å². The Morgan fingerprint density at radius 3 is 1.01 bits per heavy atom. The summed E-state index contributed by atoms with van der Waals surface area (Å²) >= 11 is 0. The van der Waals surface area contributed by atoms with Gasteiger partial charge in [-0.25, -0.2) is 9.59 Å². The summed E-state index contributed by atoms with van der Waals surface area (Å²) in [4.78, 5) is 89.1. The third kappa shape index (κ3) is 21.3. The molecule has 0 spiro atoms. The van der Waals surface area contributed by atoms with Gasteiger partial charge in [-0.2, -0.15) is 0 Å². The van der Waals surface area contributed by atoms with Crippen molar-refractivity contribution < 1.29 is 232 Å². The van der Waals surface area contributed by atoms with E-state index >= 15 is 0 Å². The molecule has 52 heteroatoms. The van der Waals surface area contributed by atoms with E-state index in [2.05, 4.69) is 26.6 Å². The Morgan fingerprint density at radius 1 is 0.353 bits per heavy atom. The summed E-state index contributed by atoms with van der Waals surface area (Å²) in [6, 6.07) is -9.21. The Labute approximate surface area is 655 Å². The first-order valence-electron chi connectivity index (χ1n) is 36.4. The lowest BCUT2D eigenvalue weighted by atomic mass is 9.88. The van der Waals surface area contributed by atoms with Gasteiger partial charge in [0, 0.05) is 47.5 Å². The second-order valence-corrected chi connectivity index (χ2v) is 28.9. The molecule has 30 N–H and O–H groups in total. The second-order valence-electron chi connectivity index (χ2n) is 28.9. The first-order valence-corrected chi connectivity index (χ1v) is 36.4. The summed E-state index contributed by atoms with van der Waals surface area (Å²) in [5.41, 5.74) is 0. The van der Waals surface area contributed by atoms with Gasteiger partial charge in [0.15, 0.2) is 37.7 Å². The molecule has 0 radical (unpaired) electrons. The monoisotopic (exact) mass is 1700 g/mol. The molecule has 0 bridgehead atoms. The van der Waals surface area contributed by atoms with Gasteiger partial charge in [-0.15, -0.1) is 0 Å². The van der Waals surface area contributed by atoms with Crippen molar-refractivity contribution >= 4 is 41.5 Å². The van der Waals surface area contributed by atoms with Crippen molar-refractivity contribution in [1.82, 2.24) is 26.6 Å². The molecule has 0 aromatic heterocycles. The van der Waals surface area contributed by atoms with Crippen LogP contribution in [0, 0.1) is 0 Å². The van der Waals surface area contributed by atoms with Crippen molar-refractivity contribution in [3.63, 3.8) is 0 Å². The number of carboxylic acid groups (broad SMARTS) is 2. The van der Waals surface area contributed by atoms with Gasteiger partial charge >= 0.3 is 11.9 Å². The van der Waals surface area contributed by atoms with Crippen LogP contribution in [0.2, 0.25) is 0 Å². The molecule has 8 heterocycles. The van der Waals surface area contributed by atoms with Gasteiger partial charge in [-0.05, 0) is 0 Å². The van der Waals surface area contributed by atoms with Crippen molar-refractivity contribution in [2.24, 2.45) is 0 Å². The molecule has 8 aliphatic heterocycles. The number of hydrogen-bond acceptors (Lipinski definition) is 45. The van der Waals surface area contributed by atoms with Crippen LogP contribution in [-0.4, -0.2) is 479 Å². The smallest absolute Gasteiger partial charge is 0.364 e. The van der Waals surface area contributed by atoms with Gasteiger partial charge in [-0.3, -0.25) is 24.0 Å². The number of carboxylic acids is 2. The Balaban J connectivity index is 0.991. The van der Waals surface area contributed by atoms with E-state index in [1.54, 1.807) is 0 Å². The number of carbonyl (C=O) groups excluding carboxylic acids is 5. The Hall–Kier alpha value is -5.23. The van der Waals surface area contributed by atoms with Gasteiger partial charge in [0.1, 0.15) is 183 Å². The topological polar surface area (TPSA) is 824 Å². The fourth-order valence-electron chi connectivity index (χ4n) is 14.8. The lowest BCUT2D eigenvalue weighted by Crippen LogP contribution is -2.71. The molecule has 5 amide bonds. The summed E-state index contributed by atoms with van der Waals surface area (Å²) in [6.45, 7) is -4.63. The zero-order valence-electron chi connectivity index (χ0n) is 62.3. The van der Waals surface area contributed by atoms with E-state index in [9.17, 15) is 161 Å². The van der Waals surface area contributed by atoms with Crippen LogP contribution in [0.1, 0.15) is 47.5 Å². The van der Waals surface area contributed by atoms with E-state index in [1.807, 2.05) is 0 Å². The van der Waals surface area contributed by atoms with Crippen molar-refractivity contribution in [1.29, 1.82) is 0 Å². The zero-order valence-corrected chi connectivity index (χ0v) is 62.3. The summed E-state index contributed by atoms with van der Waals surface area (Å²) in [6.07, 6.45) is -78.5. The molecule has 8 fully saturated rings. The number of aliphatic hydroxyl groups excluding tert-OH is 23. The van der Waals surface area contributed by atoms with Crippen molar-refractivity contribution in [2.45, 2.75) is 304 Å². The maximum atomic E-state index is 13.2. The summed E-state index contributed by atoms with van der Waals surface area (Å²) in [5, 5.41) is 288. The van der Waals surface area contributed by atoms with E-state index < -0.39 is 364 Å². The third-order valence-corrected chi connectivity index (χ3v) is 20.6. The highest BCUT2D eigenvalue weighted by atomic mass is 16.8. The van der Waals surface area contributed by atoms with Crippen LogP contribution >= 0.6 is 0 Å². The molecule has 0 saturated carbocycles. The summed E-state index contributed by atoms with van der Waals surface area (Å²) in [7, 11) is 0. The molecule has 42 atom stereocenters. The van der Waals surface area contributed by atoms with Crippen LogP contribution < -0.4 is 26.6 Å². The number of nitrogens with one attached hydrogen (secondary N) is 5. The van der Waals surface area contributed by atoms with Crippen molar-refractivity contribution in [3.05, 3.63) is 0 Å². The molecule has 0 aromatic rings. The minimum Gasteiger partial charge on any atom is -0.477 e. The summed E-state index contributed by atoms with van der Waals surface area (Å²) < 4.78 is 87.1. The minimum absolute atomic E-state index is 0.857. The number of aliphatic hydroxyl groups is 23. The van der Waals surface area contributed by atoms with Gasteiger partial charge in [0.25, 0.3) is 11.6 Å². The van der Waals surface area contributed by atoms with Crippen LogP contribution in [-0.2, 0) is 105 Å². The molecule has 668 valence electrons. The zero-order chi connectivity index (χ0) is 86.3. The highest BCUT2D eigenvalue weighted by molar-refractivity contribution is 5.78. The number of rotatable bonds is 33. The Bertz CT molecular complexity index is 3240. The third-order valence-electron chi connectivity index (χ3n) is 20.6. The molecule has 52 nitrogen and oxygen atoms in total. The lowest BCUT2D eigenvalue weighted by Gasteiger charge is -2.51. The van der Waals surface area contributed by atoms with E-state index in [4.69, 9.17) is 71.1 Å². The molecule has 8 rings (SSSR count). The van der Waals surface area contributed by atoms with Crippen molar-refractivity contribution in [2.75, 3.05) is 52.9 Å². The first kappa shape index (κ1) is 96.2. The number of amides is 5. The largest absolute Gasteiger partial charge is 0.477 e. The van der Waals surface area contributed by atoms with Crippen LogP contribution in [0.5, 0.6) is 0 Å². The highest BCUT2D eigenvalue weighted by Gasteiger charge is 2.64. The Kier molecular flexibility index (Phi) is 34.1. The number of aliphatic carboxylic acids is 2. The molecule has 0 aliphatic carbocycles. The van der Waals surface area contributed by atoms with Gasteiger partial charge in [-0.1, -0.05) is 0 Å². The highest BCUT2D eigenvalue weighted by Crippen LogP contribution is 2.43. The maximum Gasteiger partial charge on any atom is 0.364 e. The second kappa shape index (κ2) is 41.1. The SMILES string of the molecule is CC(=O)N[C@@H]1[C@@H](O[C@@H]2O[C@H](CO)[C@H](O)[C@H](O[C@@H]3O[C@H](CO)[C@@H](O[C@@H]4O[C@H](CO)[C@H](O)[C@H](O[C@]5(C(=O)O)C[C@H](O)[C@@H](NC(C)=O)[C@H]([C@H](O)[C@H](O)CO)O5)[C@H]4O)[C@H](O)[C@H]3NC(C)=O)[C@H]2O)[C@@H](O)[C@@H](CO[C@@H]2O[C@H](CO)[C@@H](O[C@@H]3O[C@H](CO)[C@H](O)[C@H](O[C@]4(C(=O)O)C[C@H](O)[C@@H](NC(C)=O)[C@H]([C@H](O)[C@H](O)CO)O4)[C@H]3O)[C@H](O)[C@H]2NC(C)=O)O[C@@H]1O. The molecular weight excluding hydrogens is 1590 g/mol. The molecule has 8 aliphatic rings. The standard InChI is InChI=1S/C64H105N5O47/c1-16(77)65-31-21(82)6-63(61(98)99,113-50(31)36(86)23(84)8-70)115-53-39(89)26(11-73)105-59(45(53)95)109-47-28(13-75)107-56(33(42(47)92)67-18(3)79)102-15-30-41(91)49(35(55(97)103-30)69-20(5)81)111-58-44(94)52(38(88)25(10-72)104-58)112-57-34(68-19(4)80)43(93)48(29(14-76)108-57)110-60-46(96)54(40(90)27(12-74)106-60)116-64(62(100)101)7-22(83)32(66-17(2)78)51(114-64)37(87)24(85)9-71/h21-60,70-76,82-97H,6-15H2,1-5H3,(H,65,77)(H,66,78)(H,67,79)(H,68,80)(H,69,81)(H,98,99)(H,100,101)/t21-,22-,23+,24+,25+,26+,27+,28+,29+,30+,31+,32+,33+,34+,35+,36+,37+,38-,39-,40-,41-,42+,43+,44+,45+,46+,47+,48+,49+,50+,51+,52-,53-,54-,55-,56+,57-,58-,59-,60-,63-,64-/m0/s1. The van der Waals surface area contributed by atoms with Crippen LogP contribution in [0.3, 0.4) is 0 Å². The fraction of sp³-hybridized carbons (Fsp3) is 0.891. The molecule has 8 saturated heterocycles. The van der Waals surface area contributed by atoms with Crippen LogP contribution in [0.25, 0.3) is 0 Å². The number of carbonyl (C=O) groups is 7. The van der Waals surface area contributed by atoms with E-state index in [1.165, 1.54) is 0 Å². The molecule has 0 aromatic carbocycles. The predicted octanol–water partition coefficient (Wildman–Crippen LogP) is -19.3. The molecule has 116 heavy (non-hydrogen) atoms. The van der Waals surface area contributed by atoms with Crippen LogP contribution in [0.4, 0.5) is 0 Å². The molecular formula is C64H105N5O47. The molecule has 0 unspecified atom stereocenters. The van der Waals surface area contributed by atoms with Gasteiger partial charge in [0.05, 0.1) is 77.1 Å². The predicted molar refractivity (Wildman–Crippen MR) is 357 cm³/mol. The minimum atomic E-state index is -3.27. The van der Waals surface area contributed by atoms with E-state index in [0.717, 1.165) is 34.6 Å². The summed E-state index contributed by atoms with van der Waals surface area (Å²) in [5.74, 6) is -15.4. The average molecular weight is 1700 g/mol. The van der Waals surface area contributed by atoms with Crippen LogP contribution in [0.15, 0.2) is 0 Å². The lowest BCUT2D eigenvalue weighted by molar-refractivity contribution is -0.389. The number of ether oxygens (including phenoxy) is 15.